The predicted octanol–water partition coefficient (Wildman–Crippen LogP) is 3.91. The second kappa shape index (κ2) is 10.1. The molecule has 1 unspecified atom stereocenters. The summed E-state index contributed by atoms with van der Waals surface area (Å²) in [5.74, 6) is 1.14. The van der Waals surface area contributed by atoms with Gasteiger partial charge in [-0.15, -0.1) is 17.5 Å². The zero-order chi connectivity index (χ0) is 19.4. The average molecular weight is 414 g/mol. The van der Waals surface area contributed by atoms with E-state index in [0.29, 0.717) is 29.0 Å². The Labute approximate surface area is 172 Å². The van der Waals surface area contributed by atoms with Gasteiger partial charge in [0.15, 0.2) is 0 Å². The van der Waals surface area contributed by atoms with Crippen molar-refractivity contribution in [1.29, 1.82) is 0 Å². The molecular formula is C19H29Cl2N5O. The summed E-state index contributed by atoms with van der Waals surface area (Å²) in [6.07, 6.45) is 0.738. The lowest BCUT2D eigenvalue weighted by Gasteiger charge is -2.20. The quantitative estimate of drug-likeness (QED) is 0.745. The minimum Gasteiger partial charge on any atom is -0.339 e. The smallest absolute Gasteiger partial charge is 0.293 e. The maximum Gasteiger partial charge on any atom is 0.293 e. The lowest BCUT2D eigenvalue weighted by molar-refractivity contribution is 0.0777. The van der Waals surface area contributed by atoms with Crippen molar-refractivity contribution < 1.29 is 4.79 Å². The first-order chi connectivity index (χ1) is 12.2. The normalized spacial score (nSPS) is 12.2. The highest BCUT2D eigenvalue weighted by molar-refractivity contribution is 6.32. The SMILES string of the molecule is CC(C)c1nc(C(=O)N(C)CCC(N)C(C)C)nn1-c1ccccc1Cl.Cl. The number of hydrogen-bond donors (Lipinski definition) is 1. The number of aromatic nitrogens is 3. The summed E-state index contributed by atoms with van der Waals surface area (Å²) in [7, 11) is 1.75. The Hall–Kier alpha value is -1.63. The standard InChI is InChI=1S/C19H28ClN5O.ClH/c1-12(2)15(21)10-11-24(5)19(26)17-22-18(13(3)4)25(23-17)16-9-7-6-8-14(16)20;/h6-9,12-13,15H,10-11,21H2,1-5H3;1H. The first-order valence-corrected chi connectivity index (χ1v) is 9.33. The van der Waals surface area contributed by atoms with Crippen LogP contribution in [-0.2, 0) is 0 Å². The molecule has 0 fully saturated rings. The molecule has 0 spiro atoms. The van der Waals surface area contributed by atoms with Gasteiger partial charge in [-0.25, -0.2) is 9.67 Å². The van der Waals surface area contributed by atoms with Gasteiger partial charge in [-0.2, -0.15) is 0 Å². The lowest BCUT2D eigenvalue weighted by Crippen LogP contribution is -2.35. The molecule has 2 aromatic rings. The number of benzene rings is 1. The molecule has 0 saturated carbocycles. The lowest BCUT2D eigenvalue weighted by atomic mass is 10.0. The fourth-order valence-corrected chi connectivity index (χ4v) is 2.75. The second-order valence-electron chi connectivity index (χ2n) is 7.23. The molecule has 8 heteroatoms. The van der Waals surface area contributed by atoms with Gasteiger partial charge in [0.2, 0.25) is 5.82 Å². The van der Waals surface area contributed by atoms with E-state index in [-0.39, 0.29) is 36.1 Å². The minimum absolute atomic E-state index is 0. The van der Waals surface area contributed by atoms with Gasteiger partial charge in [-0.1, -0.05) is 51.4 Å². The summed E-state index contributed by atoms with van der Waals surface area (Å²) in [5.41, 5.74) is 6.79. The Balaban J connectivity index is 0.00000364. The van der Waals surface area contributed by atoms with E-state index in [0.717, 1.165) is 6.42 Å². The number of para-hydroxylation sites is 1. The molecule has 6 nitrogen and oxygen atoms in total. The van der Waals surface area contributed by atoms with E-state index in [2.05, 4.69) is 23.9 Å². The van der Waals surface area contributed by atoms with Gasteiger partial charge in [0, 0.05) is 25.6 Å². The second-order valence-corrected chi connectivity index (χ2v) is 7.64. The number of rotatable bonds is 7. The Morgan fingerprint density at radius 3 is 2.44 bits per heavy atom. The van der Waals surface area contributed by atoms with Crippen molar-refractivity contribution in [2.24, 2.45) is 11.7 Å². The van der Waals surface area contributed by atoms with Gasteiger partial charge >= 0.3 is 0 Å². The zero-order valence-corrected chi connectivity index (χ0v) is 18.1. The van der Waals surface area contributed by atoms with Crippen LogP contribution in [0.2, 0.25) is 5.02 Å². The van der Waals surface area contributed by atoms with Crippen LogP contribution in [0.3, 0.4) is 0 Å². The Morgan fingerprint density at radius 1 is 1.26 bits per heavy atom. The monoisotopic (exact) mass is 413 g/mol. The summed E-state index contributed by atoms with van der Waals surface area (Å²) in [6, 6.07) is 7.46. The van der Waals surface area contributed by atoms with Crippen LogP contribution in [0.4, 0.5) is 0 Å². The highest BCUT2D eigenvalue weighted by Crippen LogP contribution is 2.24. The topological polar surface area (TPSA) is 77.0 Å². The fourth-order valence-electron chi connectivity index (χ4n) is 2.54. The van der Waals surface area contributed by atoms with Crippen molar-refractivity contribution >= 4 is 29.9 Å². The minimum atomic E-state index is -0.214. The molecule has 0 aliphatic heterocycles. The molecule has 27 heavy (non-hydrogen) atoms. The summed E-state index contributed by atoms with van der Waals surface area (Å²) in [5, 5.41) is 5.01. The molecule has 0 bridgehead atoms. The zero-order valence-electron chi connectivity index (χ0n) is 16.5. The van der Waals surface area contributed by atoms with E-state index in [1.165, 1.54) is 0 Å². The van der Waals surface area contributed by atoms with Gasteiger partial charge in [-0.3, -0.25) is 4.79 Å². The summed E-state index contributed by atoms with van der Waals surface area (Å²) in [4.78, 5) is 18.9. The van der Waals surface area contributed by atoms with Gasteiger partial charge in [0.25, 0.3) is 5.91 Å². The van der Waals surface area contributed by atoms with Crippen molar-refractivity contribution in [3.05, 3.63) is 40.9 Å². The third-order valence-electron chi connectivity index (χ3n) is 4.42. The molecule has 1 heterocycles. The van der Waals surface area contributed by atoms with E-state index < -0.39 is 0 Å². The maximum atomic E-state index is 12.7. The first kappa shape index (κ1) is 23.4. The summed E-state index contributed by atoms with van der Waals surface area (Å²) >= 11 is 6.30. The third-order valence-corrected chi connectivity index (χ3v) is 4.74. The van der Waals surface area contributed by atoms with E-state index in [1.807, 2.05) is 32.0 Å². The molecule has 150 valence electrons. The van der Waals surface area contributed by atoms with E-state index in [9.17, 15) is 4.79 Å². The molecule has 1 aromatic carbocycles. The van der Waals surface area contributed by atoms with Crippen molar-refractivity contribution in [3.63, 3.8) is 0 Å². The Bertz CT molecular complexity index is 760. The van der Waals surface area contributed by atoms with E-state index >= 15 is 0 Å². The van der Waals surface area contributed by atoms with Gasteiger partial charge < -0.3 is 10.6 Å². The van der Waals surface area contributed by atoms with Crippen LogP contribution in [0.5, 0.6) is 0 Å². The van der Waals surface area contributed by atoms with Crippen LogP contribution in [0, 0.1) is 5.92 Å². The number of halogens is 2. The van der Waals surface area contributed by atoms with Crippen LogP contribution in [0.15, 0.2) is 24.3 Å². The molecule has 0 radical (unpaired) electrons. The highest BCUT2D eigenvalue weighted by Gasteiger charge is 2.23. The third kappa shape index (κ3) is 5.67. The largest absolute Gasteiger partial charge is 0.339 e. The highest BCUT2D eigenvalue weighted by atomic mass is 35.5. The molecule has 0 aliphatic rings. The molecule has 1 atom stereocenters. The molecular weight excluding hydrogens is 385 g/mol. The maximum absolute atomic E-state index is 12.7. The van der Waals surface area contributed by atoms with Gasteiger partial charge in [-0.05, 0) is 24.5 Å². The van der Waals surface area contributed by atoms with E-state index in [4.69, 9.17) is 17.3 Å². The van der Waals surface area contributed by atoms with Crippen LogP contribution in [0.25, 0.3) is 5.69 Å². The molecule has 0 saturated heterocycles. The molecule has 1 aromatic heterocycles. The van der Waals surface area contributed by atoms with Crippen molar-refractivity contribution in [1.82, 2.24) is 19.7 Å². The van der Waals surface area contributed by atoms with Crippen LogP contribution in [0.1, 0.15) is 56.5 Å². The number of nitrogens with zero attached hydrogens (tertiary/aromatic N) is 4. The average Bonchev–Trinajstić information content (AvgIpc) is 3.04. The number of carbonyl (C=O) groups is 1. The van der Waals surface area contributed by atoms with Crippen molar-refractivity contribution in [2.75, 3.05) is 13.6 Å². The van der Waals surface area contributed by atoms with Gasteiger partial charge in [0.1, 0.15) is 5.82 Å². The number of nitrogens with two attached hydrogens (primary N) is 1. The summed E-state index contributed by atoms with van der Waals surface area (Å²) in [6.45, 7) is 8.74. The number of carbonyl (C=O) groups excluding carboxylic acids is 1. The summed E-state index contributed by atoms with van der Waals surface area (Å²) < 4.78 is 1.66. The molecule has 2 rings (SSSR count). The Kier molecular flexibility index (Phi) is 8.72. The number of hydrogen-bond acceptors (Lipinski definition) is 4. The van der Waals surface area contributed by atoms with Crippen LogP contribution >= 0.6 is 24.0 Å². The molecule has 2 N–H and O–H groups in total. The fraction of sp³-hybridized carbons (Fsp3) is 0.526. The first-order valence-electron chi connectivity index (χ1n) is 8.95. The van der Waals surface area contributed by atoms with Crippen molar-refractivity contribution in [2.45, 2.75) is 46.1 Å². The van der Waals surface area contributed by atoms with Crippen LogP contribution < -0.4 is 5.73 Å². The van der Waals surface area contributed by atoms with Gasteiger partial charge in [0.05, 0.1) is 10.7 Å². The van der Waals surface area contributed by atoms with Crippen molar-refractivity contribution in [3.8, 4) is 5.69 Å². The molecule has 0 aliphatic carbocycles. The Morgan fingerprint density at radius 2 is 1.89 bits per heavy atom. The van der Waals surface area contributed by atoms with E-state index in [1.54, 1.807) is 22.7 Å². The predicted molar refractivity (Wildman–Crippen MR) is 112 cm³/mol. The number of amides is 1. The molecule has 1 amide bonds. The van der Waals surface area contributed by atoms with Crippen LogP contribution in [-0.4, -0.2) is 45.2 Å².